The molecule has 5 heteroatoms. The van der Waals surface area contributed by atoms with Crippen molar-refractivity contribution in [3.8, 4) is 11.5 Å². The average Bonchev–Trinajstić information content (AvgIpc) is 2.54. The van der Waals surface area contributed by atoms with Gasteiger partial charge in [-0.2, -0.15) is 0 Å². The monoisotopic (exact) mass is 299 g/mol. The summed E-state index contributed by atoms with van der Waals surface area (Å²) in [5, 5.41) is 0. The van der Waals surface area contributed by atoms with Crippen molar-refractivity contribution in [3.05, 3.63) is 41.2 Å². The second-order valence-electron chi connectivity index (χ2n) is 5.52. The fourth-order valence-electron chi connectivity index (χ4n) is 2.99. The van der Waals surface area contributed by atoms with Crippen molar-refractivity contribution in [1.29, 1.82) is 0 Å². The number of methoxy groups -OCH3 is 2. The summed E-state index contributed by atoms with van der Waals surface area (Å²) in [6.07, 6.45) is 2.76. The number of rotatable bonds is 3. The van der Waals surface area contributed by atoms with E-state index in [1.54, 1.807) is 14.2 Å². The number of nitrogens with zero attached hydrogens (tertiary/aromatic N) is 3. The molecule has 1 aromatic heterocycles. The average molecular weight is 299 g/mol. The Labute approximate surface area is 130 Å². The first-order valence-corrected chi connectivity index (χ1v) is 7.45. The van der Waals surface area contributed by atoms with Crippen LogP contribution in [0.4, 0.5) is 5.95 Å². The largest absolute Gasteiger partial charge is 0.493 e. The summed E-state index contributed by atoms with van der Waals surface area (Å²) in [5.74, 6) is 2.33. The van der Waals surface area contributed by atoms with Crippen LogP contribution in [-0.4, -0.2) is 30.7 Å². The van der Waals surface area contributed by atoms with Crippen molar-refractivity contribution < 1.29 is 9.47 Å². The Hall–Kier alpha value is -2.30. The van der Waals surface area contributed by atoms with Gasteiger partial charge in [0.25, 0.3) is 0 Å². The van der Waals surface area contributed by atoms with E-state index in [-0.39, 0.29) is 6.04 Å². The summed E-state index contributed by atoms with van der Waals surface area (Å²) < 4.78 is 10.8. The smallest absolute Gasteiger partial charge is 0.226 e. The first kappa shape index (κ1) is 14.6. The molecular formula is C17H21N3O2. The Morgan fingerprint density at radius 2 is 1.91 bits per heavy atom. The summed E-state index contributed by atoms with van der Waals surface area (Å²) >= 11 is 0. The van der Waals surface area contributed by atoms with Crippen LogP contribution in [0, 0.1) is 6.92 Å². The Balaban J connectivity index is 2.00. The molecule has 0 saturated heterocycles. The quantitative estimate of drug-likeness (QED) is 0.872. The highest BCUT2D eigenvalue weighted by molar-refractivity contribution is 5.52. The maximum absolute atomic E-state index is 5.44. The molecule has 1 aromatic carbocycles. The molecule has 0 bridgehead atoms. The van der Waals surface area contributed by atoms with Crippen LogP contribution in [0.1, 0.15) is 29.8 Å². The first-order valence-electron chi connectivity index (χ1n) is 7.45. The molecule has 0 spiro atoms. The molecule has 0 saturated carbocycles. The molecular weight excluding hydrogens is 278 g/mol. The standard InChI is InChI=1S/C17H21N3O2/c1-11-5-7-18-17(19-11)20-8-6-13-9-15(21-3)16(22-4)10-14(13)12(20)2/h5,7,9-10,12H,6,8H2,1-4H3. The predicted octanol–water partition coefficient (Wildman–Crippen LogP) is 2.93. The number of anilines is 1. The number of ether oxygens (including phenoxy) is 2. The van der Waals surface area contributed by atoms with Gasteiger partial charge in [-0.05, 0) is 49.6 Å². The minimum absolute atomic E-state index is 0.199. The molecule has 0 fully saturated rings. The fourth-order valence-corrected chi connectivity index (χ4v) is 2.99. The SMILES string of the molecule is COc1cc2c(cc1OC)C(C)N(c1nccc(C)n1)CC2. The molecule has 1 atom stereocenters. The van der Waals surface area contributed by atoms with E-state index in [0.717, 1.165) is 36.1 Å². The van der Waals surface area contributed by atoms with Gasteiger partial charge >= 0.3 is 0 Å². The highest BCUT2D eigenvalue weighted by Crippen LogP contribution is 2.38. The van der Waals surface area contributed by atoms with Gasteiger partial charge in [-0.1, -0.05) is 0 Å². The van der Waals surface area contributed by atoms with E-state index in [2.05, 4.69) is 33.9 Å². The van der Waals surface area contributed by atoms with Crippen LogP contribution in [0.2, 0.25) is 0 Å². The van der Waals surface area contributed by atoms with Gasteiger partial charge in [0.15, 0.2) is 11.5 Å². The van der Waals surface area contributed by atoms with Gasteiger partial charge in [0.2, 0.25) is 5.95 Å². The number of aryl methyl sites for hydroxylation is 1. The van der Waals surface area contributed by atoms with Gasteiger partial charge in [0.05, 0.1) is 20.3 Å². The van der Waals surface area contributed by atoms with Gasteiger partial charge in [0.1, 0.15) is 0 Å². The van der Waals surface area contributed by atoms with E-state index < -0.39 is 0 Å². The molecule has 1 aliphatic heterocycles. The third-order valence-corrected chi connectivity index (χ3v) is 4.22. The topological polar surface area (TPSA) is 47.5 Å². The minimum atomic E-state index is 0.199. The van der Waals surface area contributed by atoms with E-state index in [0.29, 0.717) is 0 Å². The van der Waals surface area contributed by atoms with Crippen molar-refractivity contribution in [2.75, 3.05) is 25.7 Å². The van der Waals surface area contributed by atoms with Gasteiger partial charge in [-0.25, -0.2) is 9.97 Å². The van der Waals surface area contributed by atoms with E-state index in [9.17, 15) is 0 Å². The van der Waals surface area contributed by atoms with Crippen LogP contribution < -0.4 is 14.4 Å². The summed E-state index contributed by atoms with van der Waals surface area (Å²) in [7, 11) is 3.34. The molecule has 22 heavy (non-hydrogen) atoms. The summed E-state index contributed by atoms with van der Waals surface area (Å²) in [5.41, 5.74) is 3.53. The normalized spacial score (nSPS) is 17.1. The summed E-state index contributed by atoms with van der Waals surface area (Å²) in [6, 6.07) is 6.27. The maximum Gasteiger partial charge on any atom is 0.226 e. The van der Waals surface area contributed by atoms with Gasteiger partial charge < -0.3 is 14.4 Å². The third kappa shape index (κ3) is 2.47. The molecule has 0 aliphatic carbocycles. The lowest BCUT2D eigenvalue weighted by molar-refractivity contribution is 0.353. The highest BCUT2D eigenvalue weighted by Gasteiger charge is 2.27. The first-order chi connectivity index (χ1) is 10.6. The van der Waals surface area contributed by atoms with Crippen LogP contribution in [0.25, 0.3) is 0 Å². The Kier molecular flexibility index (Phi) is 3.88. The van der Waals surface area contributed by atoms with Crippen molar-refractivity contribution >= 4 is 5.95 Å². The lowest BCUT2D eigenvalue weighted by Gasteiger charge is -2.35. The van der Waals surface area contributed by atoms with E-state index in [4.69, 9.17) is 9.47 Å². The number of aromatic nitrogens is 2. The second kappa shape index (κ2) is 5.83. The van der Waals surface area contributed by atoms with E-state index in [1.807, 2.05) is 19.2 Å². The molecule has 1 unspecified atom stereocenters. The Morgan fingerprint density at radius 3 is 2.59 bits per heavy atom. The van der Waals surface area contributed by atoms with Gasteiger partial charge in [-0.3, -0.25) is 0 Å². The summed E-state index contributed by atoms with van der Waals surface area (Å²) in [6.45, 7) is 5.06. The molecule has 3 rings (SSSR count). The van der Waals surface area contributed by atoms with Crippen LogP contribution in [-0.2, 0) is 6.42 Å². The van der Waals surface area contributed by atoms with E-state index in [1.165, 1.54) is 11.1 Å². The molecule has 5 nitrogen and oxygen atoms in total. The van der Waals surface area contributed by atoms with Crippen molar-refractivity contribution in [3.63, 3.8) is 0 Å². The highest BCUT2D eigenvalue weighted by atomic mass is 16.5. The zero-order chi connectivity index (χ0) is 15.7. The Morgan fingerprint density at radius 1 is 1.18 bits per heavy atom. The Bertz CT molecular complexity index is 688. The van der Waals surface area contributed by atoms with Gasteiger partial charge in [0, 0.05) is 18.4 Å². The molecule has 1 aliphatic rings. The molecule has 0 amide bonds. The zero-order valence-corrected chi connectivity index (χ0v) is 13.5. The molecule has 0 N–H and O–H groups in total. The third-order valence-electron chi connectivity index (χ3n) is 4.22. The summed E-state index contributed by atoms with van der Waals surface area (Å²) in [4.78, 5) is 11.2. The lowest BCUT2D eigenvalue weighted by atomic mass is 9.93. The zero-order valence-electron chi connectivity index (χ0n) is 13.5. The molecule has 2 heterocycles. The van der Waals surface area contributed by atoms with E-state index >= 15 is 0 Å². The van der Waals surface area contributed by atoms with Crippen LogP contribution in [0.3, 0.4) is 0 Å². The van der Waals surface area contributed by atoms with Crippen molar-refractivity contribution in [2.24, 2.45) is 0 Å². The number of benzene rings is 1. The van der Waals surface area contributed by atoms with Crippen molar-refractivity contribution in [1.82, 2.24) is 9.97 Å². The molecule has 116 valence electrons. The van der Waals surface area contributed by atoms with Crippen LogP contribution in [0.15, 0.2) is 24.4 Å². The second-order valence-corrected chi connectivity index (χ2v) is 5.52. The van der Waals surface area contributed by atoms with Crippen LogP contribution in [0.5, 0.6) is 11.5 Å². The number of hydrogen-bond donors (Lipinski definition) is 0. The van der Waals surface area contributed by atoms with Gasteiger partial charge in [-0.15, -0.1) is 0 Å². The molecule has 0 radical (unpaired) electrons. The maximum atomic E-state index is 5.44. The molecule has 2 aromatic rings. The predicted molar refractivity (Wildman–Crippen MR) is 85.8 cm³/mol. The lowest BCUT2D eigenvalue weighted by Crippen LogP contribution is -2.35. The minimum Gasteiger partial charge on any atom is -0.493 e. The van der Waals surface area contributed by atoms with Crippen molar-refractivity contribution in [2.45, 2.75) is 26.3 Å². The van der Waals surface area contributed by atoms with Crippen LogP contribution >= 0.6 is 0 Å². The number of hydrogen-bond acceptors (Lipinski definition) is 5. The number of fused-ring (bicyclic) bond motifs is 1. The fraction of sp³-hybridized carbons (Fsp3) is 0.412.